The van der Waals surface area contributed by atoms with Crippen molar-refractivity contribution in [2.45, 2.75) is 20.5 Å². The average molecular weight is 321 g/mol. The fourth-order valence-electron chi connectivity index (χ4n) is 3.33. The quantitative estimate of drug-likeness (QED) is 0.769. The molecule has 0 bridgehead atoms. The first-order valence-corrected chi connectivity index (χ1v) is 8.07. The maximum Gasteiger partial charge on any atom is 0.119 e. The molecular weight excluding hydrogens is 298 g/mol. The van der Waals surface area contributed by atoms with Crippen molar-refractivity contribution >= 4 is 0 Å². The van der Waals surface area contributed by atoms with Crippen LogP contribution in [0, 0.1) is 13.8 Å². The molecule has 1 N–H and O–H groups in total. The third-order valence-electron chi connectivity index (χ3n) is 4.62. The Balaban J connectivity index is 2.15. The second-order valence-electron chi connectivity index (χ2n) is 6.11. The van der Waals surface area contributed by atoms with Crippen molar-refractivity contribution in [1.29, 1.82) is 0 Å². The van der Waals surface area contributed by atoms with Gasteiger partial charge in [0.1, 0.15) is 5.75 Å². The van der Waals surface area contributed by atoms with Crippen molar-refractivity contribution in [3.05, 3.63) is 65.2 Å². The van der Waals surface area contributed by atoms with Crippen LogP contribution in [0.4, 0.5) is 0 Å². The standard InChI is InChI=1S/C21H23NO2/c1-14-6-5-7-15(2)21(14)20-11-10-19(22(20)3)18-9-8-17(24-4)12-16(18)13-23/h5-12,23H,13H2,1-4H3. The maximum atomic E-state index is 9.74. The van der Waals surface area contributed by atoms with Crippen LogP contribution in [0.1, 0.15) is 16.7 Å². The number of benzene rings is 2. The van der Waals surface area contributed by atoms with Gasteiger partial charge in [-0.2, -0.15) is 0 Å². The van der Waals surface area contributed by atoms with E-state index < -0.39 is 0 Å². The van der Waals surface area contributed by atoms with E-state index in [1.54, 1.807) is 7.11 Å². The Morgan fingerprint density at radius 1 is 0.958 bits per heavy atom. The van der Waals surface area contributed by atoms with Gasteiger partial charge in [0.05, 0.1) is 13.7 Å². The van der Waals surface area contributed by atoms with E-state index in [2.05, 4.69) is 55.8 Å². The first-order chi connectivity index (χ1) is 11.6. The number of aryl methyl sites for hydroxylation is 2. The van der Waals surface area contributed by atoms with E-state index in [9.17, 15) is 5.11 Å². The summed E-state index contributed by atoms with van der Waals surface area (Å²) in [6.45, 7) is 4.26. The monoisotopic (exact) mass is 321 g/mol. The summed E-state index contributed by atoms with van der Waals surface area (Å²) in [5, 5.41) is 9.74. The van der Waals surface area contributed by atoms with Gasteiger partial charge >= 0.3 is 0 Å². The normalized spacial score (nSPS) is 10.9. The molecule has 0 aliphatic carbocycles. The van der Waals surface area contributed by atoms with Crippen LogP contribution in [0.25, 0.3) is 22.5 Å². The summed E-state index contributed by atoms with van der Waals surface area (Å²) in [6, 6.07) is 16.5. The number of hydrogen-bond donors (Lipinski definition) is 1. The van der Waals surface area contributed by atoms with Crippen LogP contribution >= 0.6 is 0 Å². The third kappa shape index (κ3) is 2.72. The Hall–Kier alpha value is -2.52. The second kappa shape index (κ2) is 6.54. The molecule has 1 aromatic heterocycles. The second-order valence-corrected chi connectivity index (χ2v) is 6.11. The van der Waals surface area contributed by atoms with Gasteiger partial charge in [-0.05, 0) is 60.9 Å². The van der Waals surface area contributed by atoms with E-state index in [4.69, 9.17) is 4.74 Å². The molecule has 0 atom stereocenters. The first kappa shape index (κ1) is 16.3. The number of methoxy groups -OCH3 is 1. The largest absolute Gasteiger partial charge is 0.497 e. The molecule has 3 rings (SSSR count). The van der Waals surface area contributed by atoms with Crippen molar-refractivity contribution in [3.63, 3.8) is 0 Å². The minimum absolute atomic E-state index is 0.0174. The number of rotatable bonds is 4. The fourth-order valence-corrected chi connectivity index (χ4v) is 3.33. The zero-order chi connectivity index (χ0) is 17.3. The Morgan fingerprint density at radius 2 is 1.62 bits per heavy atom. The summed E-state index contributed by atoms with van der Waals surface area (Å²) in [6.07, 6.45) is 0. The van der Waals surface area contributed by atoms with Gasteiger partial charge in [0, 0.05) is 29.6 Å². The van der Waals surface area contributed by atoms with Gasteiger partial charge in [-0.25, -0.2) is 0 Å². The van der Waals surface area contributed by atoms with Gasteiger partial charge in [0.25, 0.3) is 0 Å². The molecule has 0 unspecified atom stereocenters. The van der Waals surface area contributed by atoms with Gasteiger partial charge in [-0.3, -0.25) is 0 Å². The van der Waals surface area contributed by atoms with Crippen LogP contribution in [0.15, 0.2) is 48.5 Å². The molecule has 0 saturated carbocycles. The highest BCUT2D eigenvalue weighted by molar-refractivity contribution is 5.75. The van der Waals surface area contributed by atoms with Gasteiger partial charge in [0.15, 0.2) is 0 Å². The summed E-state index contributed by atoms with van der Waals surface area (Å²) in [4.78, 5) is 0. The first-order valence-electron chi connectivity index (χ1n) is 8.07. The summed E-state index contributed by atoms with van der Waals surface area (Å²) < 4.78 is 7.46. The Morgan fingerprint density at radius 3 is 2.25 bits per heavy atom. The van der Waals surface area contributed by atoms with Gasteiger partial charge in [-0.15, -0.1) is 0 Å². The summed E-state index contributed by atoms with van der Waals surface area (Å²) in [5.74, 6) is 0.756. The molecule has 0 amide bonds. The highest BCUT2D eigenvalue weighted by atomic mass is 16.5. The number of aliphatic hydroxyl groups excluding tert-OH is 1. The van der Waals surface area contributed by atoms with E-state index in [0.29, 0.717) is 0 Å². The summed E-state index contributed by atoms with van der Waals surface area (Å²) in [5.41, 5.74) is 7.95. The molecule has 3 aromatic rings. The minimum atomic E-state index is -0.0174. The van der Waals surface area contributed by atoms with Crippen molar-refractivity contribution in [2.24, 2.45) is 7.05 Å². The van der Waals surface area contributed by atoms with Crippen molar-refractivity contribution in [1.82, 2.24) is 4.57 Å². The zero-order valence-corrected chi connectivity index (χ0v) is 14.6. The number of nitrogens with zero attached hydrogens (tertiary/aromatic N) is 1. The fraction of sp³-hybridized carbons (Fsp3) is 0.238. The molecule has 0 fully saturated rings. The van der Waals surface area contributed by atoms with E-state index in [1.165, 1.54) is 22.4 Å². The van der Waals surface area contributed by atoms with Gasteiger partial charge in [0.2, 0.25) is 0 Å². The molecule has 0 radical (unpaired) electrons. The molecule has 1 heterocycles. The van der Waals surface area contributed by atoms with Crippen molar-refractivity contribution in [2.75, 3.05) is 7.11 Å². The van der Waals surface area contributed by atoms with Crippen molar-refractivity contribution in [3.8, 4) is 28.3 Å². The smallest absolute Gasteiger partial charge is 0.119 e. The summed E-state index contributed by atoms with van der Waals surface area (Å²) in [7, 11) is 3.71. The van der Waals surface area contributed by atoms with E-state index in [-0.39, 0.29) is 6.61 Å². The van der Waals surface area contributed by atoms with Crippen LogP contribution < -0.4 is 4.74 Å². The maximum absolute atomic E-state index is 9.74. The molecule has 0 aliphatic rings. The van der Waals surface area contributed by atoms with Crippen LogP contribution in [0.2, 0.25) is 0 Å². The van der Waals surface area contributed by atoms with Crippen LogP contribution in [-0.2, 0) is 13.7 Å². The predicted octanol–water partition coefficient (Wildman–Crippen LogP) is 4.48. The Kier molecular flexibility index (Phi) is 4.45. The van der Waals surface area contributed by atoms with Crippen LogP contribution in [0.3, 0.4) is 0 Å². The van der Waals surface area contributed by atoms with Gasteiger partial charge < -0.3 is 14.4 Å². The SMILES string of the molecule is COc1ccc(-c2ccc(-c3c(C)cccc3C)n2C)c(CO)c1. The van der Waals surface area contributed by atoms with Crippen molar-refractivity contribution < 1.29 is 9.84 Å². The lowest BCUT2D eigenvalue weighted by atomic mass is 10.0. The van der Waals surface area contributed by atoms with E-state index >= 15 is 0 Å². The Bertz CT molecular complexity index is 857. The molecule has 0 aliphatic heterocycles. The molecular formula is C21H23NO2. The predicted molar refractivity (Wildman–Crippen MR) is 98.2 cm³/mol. The van der Waals surface area contributed by atoms with E-state index in [0.717, 1.165) is 22.6 Å². The summed E-state index contributed by atoms with van der Waals surface area (Å²) >= 11 is 0. The highest BCUT2D eigenvalue weighted by Crippen LogP contribution is 2.34. The molecule has 0 saturated heterocycles. The highest BCUT2D eigenvalue weighted by Gasteiger charge is 2.15. The number of hydrogen-bond acceptors (Lipinski definition) is 2. The molecule has 3 heteroatoms. The van der Waals surface area contributed by atoms with Crippen LogP contribution in [-0.4, -0.2) is 16.8 Å². The molecule has 2 aromatic carbocycles. The minimum Gasteiger partial charge on any atom is -0.497 e. The van der Waals surface area contributed by atoms with Crippen LogP contribution in [0.5, 0.6) is 5.75 Å². The topological polar surface area (TPSA) is 34.4 Å². The molecule has 0 spiro atoms. The number of aromatic nitrogens is 1. The zero-order valence-electron chi connectivity index (χ0n) is 14.6. The van der Waals surface area contributed by atoms with E-state index in [1.807, 2.05) is 18.2 Å². The van der Waals surface area contributed by atoms with Gasteiger partial charge in [-0.1, -0.05) is 18.2 Å². The lowest BCUT2D eigenvalue weighted by molar-refractivity contribution is 0.281. The third-order valence-corrected chi connectivity index (χ3v) is 4.62. The molecule has 24 heavy (non-hydrogen) atoms. The molecule has 124 valence electrons. The lowest BCUT2D eigenvalue weighted by Crippen LogP contribution is -2.00. The number of ether oxygens (including phenoxy) is 1. The lowest BCUT2D eigenvalue weighted by Gasteiger charge is -2.15. The number of aliphatic hydroxyl groups is 1. The Labute approximate surface area is 143 Å². The average Bonchev–Trinajstić information content (AvgIpc) is 2.95. The molecule has 3 nitrogen and oxygen atoms in total.